The van der Waals surface area contributed by atoms with E-state index in [1.165, 1.54) is 18.2 Å². The number of hydrogen-bond acceptors (Lipinski definition) is 6. The van der Waals surface area contributed by atoms with E-state index in [1.807, 2.05) is 24.3 Å². The fourth-order valence-electron chi connectivity index (χ4n) is 3.71. The molecule has 1 heterocycles. The highest BCUT2D eigenvalue weighted by Crippen LogP contribution is 2.39. The molecule has 0 bridgehead atoms. The largest absolute Gasteiger partial charge is 0.497 e. The van der Waals surface area contributed by atoms with Crippen molar-refractivity contribution in [3.63, 3.8) is 0 Å². The molecule has 3 atom stereocenters. The van der Waals surface area contributed by atoms with Crippen LogP contribution in [0, 0.1) is 5.92 Å². The van der Waals surface area contributed by atoms with E-state index >= 15 is 0 Å². The Balaban J connectivity index is 1.96. The van der Waals surface area contributed by atoms with Gasteiger partial charge in [0.25, 0.3) is 0 Å². The van der Waals surface area contributed by atoms with Gasteiger partial charge in [0.05, 0.1) is 12.4 Å². The summed E-state index contributed by atoms with van der Waals surface area (Å²) in [6.07, 6.45) is 4.55. The van der Waals surface area contributed by atoms with Gasteiger partial charge in [0, 0.05) is 11.6 Å². The van der Waals surface area contributed by atoms with Gasteiger partial charge in [0.15, 0.2) is 11.0 Å². The number of urea groups is 1. The van der Waals surface area contributed by atoms with Crippen molar-refractivity contribution in [3.8, 4) is 17.1 Å². The van der Waals surface area contributed by atoms with Gasteiger partial charge in [-0.3, -0.25) is 14.7 Å². The Labute approximate surface area is 174 Å². The zero-order chi connectivity index (χ0) is 21.0. The molecule has 156 valence electrons. The number of carbonyl (C=O) groups is 2. The first-order chi connectivity index (χ1) is 13.9. The van der Waals surface area contributed by atoms with Crippen molar-refractivity contribution in [3.05, 3.63) is 24.3 Å². The highest BCUT2D eigenvalue weighted by Gasteiger charge is 2.30. The molecule has 0 unspecified atom stereocenters. The monoisotopic (exact) mass is 417 g/mol. The number of aromatic nitrogens is 3. The number of carbonyl (C=O) groups excluding carboxylic acids is 2. The maximum atomic E-state index is 12.2. The minimum Gasteiger partial charge on any atom is -0.497 e. The molecule has 3 N–H and O–H groups in total. The molecule has 3 rings (SSSR count). The number of nitrogens with zero attached hydrogens (tertiary/aromatic N) is 3. The normalized spacial score (nSPS) is 20.1. The summed E-state index contributed by atoms with van der Waals surface area (Å²) in [6.45, 7) is 3.97. The predicted molar refractivity (Wildman–Crippen MR) is 112 cm³/mol. The molecule has 1 aromatic carbocycles. The van der Waals surface area contributed by atoms with Crippen LogP contribution in [-0.2, 0) is 4.79 Å². The number of amides is 3. The van der Waals surface area contributed by atoms with Gasteiger partial charge in [-0.25, -0.2) is 4.79 Å². The first-order valence-electron chi connectivity index (χ1n) is 9.77. The third-order valence-corrected chi connectivity index (χ3v) is 6.37. The number of benzene rings is 1. The molecule has 29 heavy (non-hydrogen) atoms. The molecule has 9 heteroatoms. The van der Waals surface area contributed by atoms with Crippen LogP contribution in [0.3, 0.4) is 0 Å². The van der Waals surface area contributed by atoms with Crippen LogP contribution in [0.15, 0.2) is 29.4 Å². The molecule has 1 aliphatic rings. The Morgan fingerprint density at radius 2 is 1.93 bits per heavy atom. The number of methoxy groups -OCH3 is 1. The summed E-state index contributed by atoms with van der Waals surface area (Å²) in [7, 11) is 1.63. The summed E-state index contributed by atoms with van der Waals surface area (Å²) in [5, 5.41) is 11.1. The van der Waals surface area contributed by atoms with Gasteiger partial charge in [0.2, 0.25) is 5.91 Å². The Morgan fingerprint density at radius 3 is 2.55 bits per heavy atom. The first kappa shape index (κ1) is 21.2. The maximum absolute atomic E-state index is 12.2. The average Bonchev–Trinajstić information content (AvgIpc) is 3.11. The zero-order valence-electron chi connectivity index (χ0n) is 16.9. The van der Waals surface area contributed by atoms with Gasteiger partial charge in [-0.1, -0.05) is 31.5 Å². The van der Waals surface area contributed by atoms with Crippen LogP contribution in [0.1, 0.15) is 45.6 Å². The average molecular weight is 418 g/mol. The van der Waals surface area contributed by atoms with Crippen LogP contribution < -0.4 is 15.8 Å². The van der Waals surface area contributed by atoms with Crippen molar-refractivity contribution in [1.82, 2.24) is 20.1 Å². The van der Waals surface area contributed by atoms with E-state index in [9.17, 15) is 9.59 Å². The minimum absolute atomic E-state index is 0.254. The molecule has 1 aromatic heterocycles. The Kier molecular flexibility index (Phi) is 6.79. The van der Waals surface area contributed by atoms with E-state index in [2.05, 4.69) is 27.0 Å². The van der Waals surface area contributed by atoms with Gasteiger partial charge in [0.1, 0.15) is 5.75 Å². The lowest BCUT2D eigenvalue weighted by molar-refractivity contribution is -0.119. The summed E-state index contributed by atoms with van der Waals surface area (Å²) in [4.78, 5) is 23.2. The lowest BCUT2D eigenvalue weighted by atomic mass is 9.85. The molecule has 0 aliphatic heterocycles. The molecule has 0 saturated heterocycles. The van der Waals surface area contributed by atoms with Gasteiger partial charge < -0.3 is 10.5 Å². The van der Waals surface area contributed by atoms with E-state index in [4.69, 9.17) is 10.5 Å². The van der Waals surface area contributed by atoms with E-state index in [0.29, 0.717) is 11.1 Å². The molecular formula is C20H27N5O3S. The number of hydrogen-bond donors (Lipinski definition) is 2. The summed E-state index contributed by atoms with van der Waals surface area (Å²) < 4.78 is 7.41. The molecule has 1 fully saturated rings. The minimum atomic E-state index is -0.858. The first-order valence-corrected chi connectivity index (χ1v) is 10.6. The van der Waals surface area contributed by atoms with Crippen LogP contribution in [0.25, 0.3) is 11.4 Å². The molecule has 1 aliphatic carbocycles. The van der Waals surface area contributed by atoms with E-state index in [0.717, 1.165) is 36.4 Å². The third-order valence-electron chi connectivity index (χ3n) is 5.31. The number of ether oxygens (including phenoxy) is 1. The molecule has 1 saturated carbocycles. The lowest BCUT2D eigenvalue weighted by Gasteiger charge is -2.31. The zero-order valence-corrected chi connectivity index (χ0v) is 17.7. The van der Waals surface area contributed by atoms with Crippen molar-refractivity contribution in [2.24, 2.45) is 11.7 Å². The second kappa shape index (κ2) is 9.30. The summed E-state index contributed by atoms with van der Waals surface area (Å²) >= 11 is 1.28. The van der Waals surface area contributed by atoms with Crippen LogP contribution in [0.4, 0.5) is 4.79 Å². The van der Waals surface area contributed by atoms with Crippen LogP contribution in [-0.4, -0.2) is 39.1 Å². The van der Waals surface area contributed by atoms with Gasteiger partial charge in [-0.2, -0.15) is 0 Å². The van der Waals surface area contributed by atoms with Gasteiger partial charge in [-0.05, 0) is 49.9 Å². The number of nitrogens with two attached hydrogens (primary N) is 1. The standard InChI is InChI=1S/C20H27N5O3S/c1-12-6-4-5-7-16(12)25-17(14-8-10-15(28-3)11-9-14)23-24-20(25)29-13(2)18(26)22-19(21)27/h8-13,16H,4-7H2,1-3H3,(H3,21,22,26,27)/t12-,13+,16+/m1/s1. The van der Waals surface area contributed by atoms with E-state index in [1.54, 1.807) is 14.0 Å². The van der Waals surface area contributed by atoms with Crippen molar-refractivity contribution in [2.75, 3.05) is 7.11 Å². The fourth-order valence-corrected chi connectivity index (χ4v) is 4.61. The van der Waals surface area contributed by atoms with Crippen LogP contribution in [0.5, 0.6) is 5.75 Å². The summed E-state index contributed by atoms with van der Waals surface area (Å²) in [6, 6.07) is 7.12. The maximum Gasteiger partial charge on any atom is 0.318 e. The predicted octanol–water partition coefficient (Wildman–Crippen LogP) is 3.38. The number of thioether (sulfide) groups is 1. The van der Waals surface area contributed by atoms with Crippen LogP contribution in [0.2, 0.25) is 0 Å². The van der Waals surface area contributed by atoms with E-state index in [-0.39, 0.29) is 6.04 Å². The highest BCUT2D eigenvalue weighted by atomic mass is 32.2. The Bertz CT molecular complexity index is 868. The summed E-state index contributed by atoms with van der Waals surface area (Å²) in [5.74, 6) is 1.58. The highest BCUT2D eigenvalue weighted by molar-refractivity contribution is 8.00. The number of imide groups is 1. The van der Waals surface area contributed by atoms with Gasteiger partial charge >= 0.3 is 6.03 Å². The molecule has 0 radical (unpaired) electrons. The Hall–Kier alpha value is -2.55. The number of primary amides is 1. The summed E-state index contributed by atoms with van der Waals surface area (Å²) in [5.41, 5.74) is 6.01. The topological polar surface area (TPSA) is 112 Å². The molecule has 3 amide bonds. The second-order valence-electron chi connectivity index (χ2n) is 7.35. The molecular weight excluding hydrogens is 390 g/mol. The van der Waals surface area contributed by atoms with E-state index < -0.39 is 17.2 Å². The smallest absolute Gasteiger partial charge is 0.318 e. The molecule has 8 nitrogen and oxygen atoms in total. The second-order valence-corrected chi connectivity index (χ2v) is 8.66. The number of nitrogens with one attached hydrogen (secondary N) is 1. The lowest BCUT2D eigenvalue weighted by Crippen LogP contribution is -2.39. The third kappa shape index (κ3) is 4.90. The van der Waals surface area contributed by atoms with Crippen molar-refractivity contribution in [2.45, 2.75) is 56.0 Å². The van der Waals surface area contributed by atoms with Crippen molar-refractivity contribution >= 4 is 23.7 Å². The van der Waals surface area contributed by atoms with Crippen molar-refractivity contribution in [1.29, 1.82) is 0 Å². The van der Waals surface area contributed by atoms with Crippen LogP contribution >= 0.6 is 11.8 Å². The quantitative estimate of drug-likeness (QED) is 0.697. The fraction of sp³-hybridized carbons (Fsp3) is 0.500. The molecule has 0 spiro atoms. The number of rotatable bonds is 6. The van der Waals surface area contributed by atoms with Crippen molar-refractivity contribution < 1.29 is 14.3 Å². The SMILES string of the molecule is COc1ccc(-c2nnc(S[C@@H](C)C(=O)NC(N)=O)n2[C@H]2CCCC[C@H]2C)cc1. The molecule has 2 aromatic rings. The Morgan fingerprint density at radius 1 is 1.24 bits per heavy atom. The van der Waals surface area contributed by atoms with Gasteiger partial charge in [-0.15, -0.1) is 10.2 Å².